The van der Waals surface area contributed by atoms with Crippen LogP contribution in [0.25, 0.3) is 0 Å². The van der Waals surface area contributed by atoms with Gasteiger partial charge in [-0.1, -0.05) is 30.3 Å². The van der Waals surface area contributed by atoms with Crippen LogP contribution in [-0.2, 0) is 21.4 Å². The molecular formula is C15H17N3O3S. The van der Waals surface area contributed by atoms with Crippen LogP contribution in [0.2, 0.25) is 0 Å². The summed E-state index contributed by atoms with van der Waals surface area (Å²) in [5, 5.41) is 4.05. The molecule has 2 aromatic rings. The molecule has 1 amide bonds. The molecule has 2 heterocycles. The first-order chi connectivity index (χ1) is 10.5. The molecule has 0 saturated carbocycles. The first-order valence-corrected chi connectivity index (χ1v) is 8.68. The molecule has 1 aliphatic heterocycles. The first-order valence-electron chi connectivity index (χ1n) is 7.07. The van der Waals surface area contributed by atoms with Gasteiger partial charge in [-0.25, -0.2) is 12.7 Å². The largest absolute Gasteiger partial charge is 0.272 e. The number of aryl methyl sites for hydroxylation is 1. The van der Waals surface area contributed by atoms with Gasteiger partial charge in [-0.3, -0.25) is 9.48 Å². The van der Waals surface area contributed by atoms with Gasteiger partial charge in [0.15, 0.2) is 0 Å². The molecule has 7 heteroatoms. The normalized spacial score (nSPS) is 20.2. The number of amides is 1. The highest BCUT2D eigenvalue weighted by Crippen LogP contribution is 2.34. The van der Waals surface area contributed by atoms with E-state index in [4.69, 9.17) is 0 Å². The van der Waals surface area contributed by atoms with Gasteiger partial charge < -0.3 is 0 Å². The number of benzene rings is 1. The molecule has 1 saturated heterocycles. The summed E-state index contributed by atoms with van der Waals surface area (Å²) in [6.07, 6.45) is 2.02. The molecule has 3 rings (SSSR count). The summed E-state index contributed by atoms with van der Waals surface area (Å²) in [5.74, 6) is -0.450. The Bertz CT molecular complexity index is 783. The van der Waals surface area contributed by atoms with Crippen molar-refractivity contribution in [1.29, 1.82) is 0 Å². The number of hydrogen-bond acceptors (Lipinski definition) is 4. The lowest BCUT2D eigenvalue weighted by Crippen LogP contribution is -2.37. The number of hydrogen-bond donors (Lipinski definition) is 0. The van der Waals surface area contributed by atoms with Crippen LogP contribution >= 0.6 is 0 Å². The summed E-state index contributed by atoms with van der Waals surface area (Å²) < 4.78 is 27.1. The Labute approximate surface area is 129 Å². The third-order valence-corrected chi connectivity index (χ3v) is 5.69. The van der Waals surface area contributed by atoms with Crippen molar-refractivity contribution in [1.82, 2.24) is 14.1 Å². The third kappa shape index (κ3) is 2.64. The molecule has 0 bridgehead atoms. The fraction of sp³-hybridized carbons (Fsp3) is 0.333. The monoisotopic (exact) mass is 319 g/mol. The van der Waals surface area contributed by atoms with Crippen molar-refractivity contribution in [3.63, 3.8) is 0 Å². The fourth-order valence-electron chi connectivity index (χ4n) is 2.74. The Hall–Kier alpha value is -2.15. The highest BCUT2D eigenvalue weighted by molar-refractivity contribution is 7.89. The second kappa shape index (κ2) is 5.57. The number of rotatable bonds is 3. The second-order valence-corrected chi connectivity index (χ2v) is 7.32. The summed E-state index contributed by atoms with van der Waals surface area (Å²) in [7, 11) is -3.56. The van der Waals surface area contributed by atoms with Crippen LogP contribution in [-0.4, -0.2) is 34.2 Å². The van der Waals surface area contributed by atoms with Gasteiger partial charge in [0.05, 0.1) is 11.8 Å². The van der Waals surface area contributed by atoms with Gasteiger partial charge >= 0.3 is 0 Å². The minimum absolute atomic E-state index is 0.00358. The third-order valence-electron chi connectivity index (χ3n) is 3.88. The van der Waals surface area contributed by atoms with E-state index in [9.17, 15) is 13.2 Å². The SMILES string of the molecule is Cc1ccnn1CC(=O)N1C(c2ccccc2)CCS1(=O)=O. The van der Waals surface area contributed by atoms with E-state index >= 15 is 0 Å². The van der Waals surface area contributed by atoms with Crippen molar-refractivity contribution in [2.75, 3.05) is 5.75 Å². The topological polar surface area (TPSA) is 72.3 Å². The van der Waals surface area contributed by atoms with E-state index in [0.717, 1.165) is 15.6 Å². The molecule has 116 valence electrons. The highest BCUT2D eigenvalue weighted by atomic mass is 32.2. The van der Waals surface area contributed by atoms with Crippen molar-refractivity contribution in [3.8, 4) is 0 Å². The number of sulfonamides is 1. The fourth-order valence-corrected chi connectivity index (χ4v) is 4.44. The van der Waals surface area contributed by atoms with Gasteiger partial charge in [-0.05, 0) is 25.0 Å². The van der Waals surface area contributed by atoms with Gasteiger partial charge in [0.25, 0.3) is 5.91 Å². The van der Waals surface area contributed by atoms with Gasteiger partial charge in [-0.15, -0.1) is 0 Å². The summed E-state index contributed by atoms with van der Waals surface area (Å²) in [4.78, 5) is 12.6. The molecular weight excluding hydrogens is 302 g/mol. The first kappa shape index (κ1) is 14.8. The van der Waals surface area contributed by atoms with Gasteiger partial charge in [0.2, 0.25) is 10.0 Å². The lowest BCUT2D eigenvalue weighted by Gasteiger charge is -2.23. The van der Waals surface area contributed by atoms with E-state index in [0.29, 0.717) is 6.42 Å². The van der Waals surface area contributed by atoms with Crippen molar-refractivity contribution in [3.05, 3.63) is 53.9 Å². The Morgan fingerprint density at radius 1 is 1.27 bits per heavy atom. The molecule has 0 radical (unpaired) electrons. The maximum Gasteiger partial charge on any atom is 0.258 e. The van der Waals surface area contributed by atoms with Crippen LogP contribution in [0.3, 0.4) is 0 Å². The van der Waals surface area contributed by atoms with Crippen LogP contribution < -0.4 is 0 Å². The molecule has 1 aromatic heterocycles. The Morgan fingerprint density at radius 2 is 2.00 bits per heavy atom. The average molecular weight is 319 g/mol. The zero-order chi connectivity index (χ0) is 15.7. The molecule has 0 aliphatic carbocycles. The van der Waals surface area contributed by atoms with Gasteiger partial charge in [0, 0.05) is 11.9 Å². The number of aromatic nitrogens is 2. The number of carbonyl (C=O) groups is 1. The van der Waals surface area contributed by atoms with E-state index in [1.807, 2.05) is 37.3 Å². The van der Waals surface area contributed by atoms with E-state index in [1.165, 1.54) is 4.68 Å². The minimum atomic E-state index is -3.56. The molecule has 0 N–H and O–H groups in total. The summed E-state index contributed by atoms with van der Waals surface area (Å²) in [6.45, 7) is 1.76. The minimum Gasteiger partial charge on any atom is -0.272 e. The zero-order valence-electron chi connectivity index (χ0n) is 12.2. The van der Waals surface area contributed by atoms with E-state index in [2.05, 4.69) is 5.10 Å². The molecule has 22 heavy (non-hydrogen) atoms. The highest BCUT2D eigenvalue weighted by Gasteiger charge is 2.41. The Balaban J connectivity index is 1.91. The molecule has 1 fully saturated rings. The molecule has 1 aromatic carbocycles. The van der Waals surface area contributed by atoms with Crippen molar-refractivity contribution < 1.29 is 13.2 Å². The van der Waals surface area contributed by atoms with Crippen LogP contribution in [0.15, 0.2) is 42.6 Å². The molecule has 1 unspecified atom stereocenters. The van der Waals surface area contributed by atoms with Gasteiger partial charge in [-0.2, -0.15) is 5.10 Å². The van der Waals surface area contributed by atoms with Gasteiger partial charge in [0.1, 0.15) is 6.54 Å². The summed E-state index contributed by atoms with van der Waals surface area (Å²) in [6, 6.07) is 10.6. The molecule has 0 spiro atoms. The van der Waals surface area contributed by atoms with Crippen molar-refractivity contribution >= 4 is 15.9 Å². The smallest absolute Gasteiger partial charge is 0.258 e. The van der Waals surface area contributed by atoms with Crippen LogP contribution in [0.5, 0.6) is 0 Å². The summed E-state index contributed by atoms with van der Waals surface area (Å²) in [5.41, 5.74) is 1.66. The molecule has 6 nitrogen and oxygen atoms in total. The lowest BCUT2D eigenvalue weighted by atomic mass is 10.0. The standard InChI is InChI=1S/C15H17N3O3S/c1-12-7-9-16-17(12)11-15(19)18-14(8-10-22(18,20)21)13-5-3-2-4-6-13/h2-7,9,14H,8,10-11H2,1H3. The second-order valence-electron chi connectivity index (χ2n) is 5.35. The molecule has 1 aliphatic rings. The van der Waals surface area contributed by atoms with Crippen molar-refractivity contribution in [2.24, 2.45) is 0 Å². The van der Waals surface area contributed by atoms with Crippen LogP contribution in [0.1, 0.15) is 23.7 Å². The quantitative estimate of drug-likeness (QED) is 0.859. The predicted molar refractivity (Wildman–Crippen MR) is 81.4 cm³/mol. The maximum absolute atomic E-state index is 12.6. The Morgan fingerprint density at radius 3 is 2.64 bits per heavy atom. The predicted octanol–water partition coefficient (Wildman–Crippen LogP) is 1.49. The maximum atomic E-state index is 12.6. The lowest BCUT2D eigenvalue weighted by molar-refractivity contribution is -0.128. The van der Waals surface area contributed by atoms with E-state index in [-0.39, 0.29) is 12.3 Å². The molecule has 1 atom stereocenters. The summed E-state index contributed by atoms with van der Waals surface area (Å²) >= 11 is 0. The van der Waals surface area contributed by atoms with E-state index in [1.54, 1.807) is 12.3 Å². The zero-order valence-corrected chi connectivity index (χ0v) is 13.0. The van der Waals surface area contributed by atoms with Crippen molar-refractivity contribution in [2.45, 2.75) is 25.9 Å². The average Bonchev–Trinajstić information content (AvgIpc) is 3.03. The number of nitrogens with zero attached hydrogens (tertiary/aromatic N) is 3. The van der Waals surface area contributed by atoms with Crippen LogP contribution in [0, 0.1) is 6.92 Å². The Kier molecular flexibility index (Phi) is 3.74. The van der Waals surface area contributed by atoms with Crippen LogP contribution in [0.4, 0.5) is 0 Å². The van der Waals surface area contributed by atoms with E-state index < -0.39 is 22.0 Å². The number of carbonyl (C=O) groups excluding carboxylic acids is 1.